The van der Waals surface area contributed by atoms with Crippen LogP contribution in [0.15, 0.2) is 24.3 Å². The summed E-state index contributed by atoms with van der Waals surface area (Å²) >= 11 is 0. The lowest BCUT2D eigenvalue weighted by atomic mass is 10.2. The number of tetrazole rings is 1. The number of hydrogen-bond donors (Lipinski definition) is 1. The van der Waals surface area contributed by atoms with Crippen molar-refractivity contribution in [3.63, 3.8) is 0 Å². The minimum Gasteiger partial charge on any atom is -0.313 e. The Bertz CT molecular complexity index is 431. The summed E-state index contributed by atoms with van der Waals surface area (Å²) in [5.41, 5.74) is 2.21. The topological polar surface area (TPSA) is 55.6 Å². The molecule has 5 heteroatoms. The fourth-order valence-electron chi connectivity index (χ4n) is 1.36. The molecule has 0 spiro atoms. The van der Waals surface area contributed by atoms with Crippen molar-refractivity contribution in [3.05, 3.63) is 35.7 Å². The molecule has 0 saturated heterocycles. The number of rotatable bonds is 3. The predicted molar refractivity (Wildman–Crippen MR) is 56.7 cm³/mol. The van der Waals surface area contributed by atoms with Crippen LogP contribution >= 0.6 is 0 Å². The molecule has 0 atom stereocenters. The summed E-state index contributed by atoms with van der Waals surface area (Å²) < 4.78 is 1.73. The maximum absolute atomic E-state index is 3.95. The van der Waals surface area contributed by atoms with Crippen molar-refractivity contribution in [2.75, 3.05) is 7.05 Å². The molecule has 0 amide bonds. The van der Waals surface area contributed by atoms with Crippen LogP contribution in [0, 0.1) is 6.92 Å². The van der Waals surface area contributed by atoms with E-state index in [-0.39, 0.29) is 0 Å². The van der Waals surface area contributed by atoms with Gasteiger partial charge in [0.15, 0.2) is 5.82 Å². The van der Waals surface area contributed by atoms with Crippen LogP contribution in [0.1, 0.15) is 11.4 Å². The molecule has 0 aliphatic rings. The molecule has 15 heavy (non-hydrogen) atoms. The summed E-state index contributed by atoms with van der Waals surface area (Å²) in [6, 6.07) is 8.09. The molecule has 2 rings (SSSR count). The van der Waals surface area contributed by atoms with E-state index in [0.717, 1.165) is 11.5 Å². The first-order valence-electron chi connectivity index (χ1n) is 4.80. The van der Waals surface area contributed by atoms with Gasteiger partial charge in [-0.3, -0.25) is 0 Å². The van der Waals surface area contributed by atoms with Gasteiger partial charge in [-0.2, -0.15) is 4.68 Å². The molecule has 1 heterocycles. The fourth-order valence-corrected chi connectivity index (χ4v) is 1.36. The molecule has 0 radical (unpaired) electrons. The Morgan fingerprint density at radius 3 is 2.67 bits per heavy atom. The number of aromatic nitrogens is 4. The zero-order chi connectivity index (χ0) is 10.7. The van der Waals surface area contributed by atoms with Gasteiger partial charge in [0, 0.05) is 0 Å². The standard InChI is InChI=1S/C10H13N5/c1-8-3-5-9(6-4-8)15-10(7-11-2)12-13-14-15/h3-6,11H,7H2,1-2H3. The lowest BCUT2D eigenvalue weighted by Crippen LogP contribution is -2.12. The molecule has 5 nitrogen and oxygen atoms in total. The number of benzene rings is 1. The van der Waals surface area contributed by atoms with E-state index in [4.69, 9.17) is 0 Å². The van der Waals surface area contributed by atoms with Crippen molar-refractivity contribution in [2.24, 2.45) is 0 Å². The quantitative estimate of drug-likeness (QED) is 0.797. The number of nitrogens with one attached hydrogen (secondary N) is 1. The second kappa shape index (κ2) is 4.18. The minimum absolute atomic E-state index is 0.654. The zero-order valence-corrected chi connectivity index (χ0v) is 8.81. The Morgan fingerprint density at radius 1 is 1.27 bits per heavy atom. The van der Waals surface area contributed by atoms with Crippen LogP contribution in [0.5, 0.6) is 0 Å². The van der Waals surface area contributed by atoms with Gasteiger partial charge >= 0.3 is 0 Å². The minimum atomic E-state index is 0.654. The van der Waals surface area contributed by atoms with Gasteiger partial charge in [0.05, 0.1) is 12.2 Å². The van der Waals surface area contributed by atoms with Crippen molar-refractivity contribution in [1.82, 2.24) is 25.5 Å². The van der Waals surface area contributed by atoms with Crippen LogP contribution in [0.4, 0.5) is 0 Å². The molecule has 0 saturated carbocycles. The van der Waals surface area contributed by atoms with Crippen LogP contribution in [0.2, 0.25) is 0 Å². The Kier molecular flexibility index (Phi) is 2.73. The van der Waals surface area contributed by atoms with E-state index in [1.165, 1.54) is 5.56 Å². The lowest BCUT2D eigenvalue weighted by Gasteiger charge is -2.03. The van der Waals surface area contributed by atoms with Gasteiger partial charge in [0.1, 0.15) is 0 Å². The Morgan fingerprint density at radius 2 is 2.00 bits per heavy atom. The largest absolute Gasteiger partial charge is 0.313 e. The van der Waals surface area contributed by atoms with Crippen molar-refractivity contribution < 1.29 is 0 Å². The number of aryl methyl sites for hydroxylation is 1. The second-order valence-electron chi connectivity index (χ2n) is 3.37. The third kappa shape index (κ3) is 2.02. The van der Waals surface area contributed by atoms with Crippen LogP contribution in [0.3, 0.4) is 0 Å². The highest BCUT2D eigenvalue weighted by Crippen LogP contribution is 2.08. The van der Waals surface area contributed by atoms with Gasteiger partial charge in [-0.25, -0.2) is 0 Å². The normalized spacial score (nSPS) is 10.5. The molecular weight excluding hydrogens is 190 g/mol. The number of nitrogens with zero attached hydrogens (tertiary/aromatic N) is 4. The van der Waals surface area contributed by atoms with E-state index >= 15 is 0 Å². The Hall–Kier alpha value is -1.75. The molecule has 0 aliphatic heterocycles. The highest BCUT2D eigenvalue weighted by atomic mass is 15.5. The molecule has 0 bridgehead atoms. The zero-order valence-electron chi connectivity index (χ0n) is 8.81. The van der Waals surface area contributed by atoms with E-state index in [1.807, 2.05) is 31.3 Å². The first-order chi connectivity index (χ1) is 7.31. The molecule has 2 aromatic rings. The number of hydrogen-bond acceptors (Lipinski definition) is 4. The first kappa shape index (κ1) is 9.79. The van der Waals surface area contributed by atoms with Gasteiger partial charge in [-0.1, -0.05) is 17.7 Å². The maximum atomic E-state index is 3.95. The van der Waals surface area contributed by atoms with Gasteiger partial charge in [0.25, 0.3) is 0 Å². The van der Waals surface area contributed by atoms with E-state index in [2.05, 4.69) is 27.8 Å². The summed E-state index contributed by atoms with van der Waals surface area (Å²) in [5, 5.41) is 14.6. The fraction of sp³-hybridized carbons (Fsp3) is 0.300. The van der Waals surface area contributed by atoms with E-state index in [9.17, 15) is 0 Å². The summed E-state index contributed by atoms with van der Waals surface area (Å²) in [6.45, 7) is 2.71. The van der Waals surface area contributed by atoms with Crippen molar-refractivity contribution in [3.8, 4) is 5.69 Å². The maximum Gasteiger partial charge on any atom is 0.170 e. The molecular formula is C10H13N5. The molecule has 0 aliphatic carbocycles. The summed E-state index contributed by atoms with van der Waals surface area (Å²) in [6.07, 6.45) is 0. The summed E-state index contributed by atoms with van der Waals surface area (Å²) in [5.74, 6) is 0.807. The monoisotopic (exact) mass is 203 g/mol. The van der Waals surface area contributed by atoms with Gasteiger partial charge in [-0.05, 0) is 36.5 Å². The third-order valence-corrected chi connectivity index (χ3v) is 2.15. The van der Waals surface area contributed by atoms with Gasteiger partial charge in [0.2, 0.25) is 0 Å². The first-order valence-corrected chi connectivity index (χ1v) is 4.80. The van der Waals surface area contributed by atoms with Crippen LogP contribution in [-0.2, 0) is 6.54 Å². The summed E-state index contributed by atoms with van der Waals surface area (Å²) in [7, 11) is 1.87. The smallest absolute Gasteiger partial charge is 0.170 e. The molecule has 0 unspecified atom stereocenters. The lowest BCUT2D eigenvalue weighted by molar-refractivity contribution is 0.709. The highest BCUT2D eigenvalue weighted by molar-refractivity contribution is 5.33. The molecule has 1 N–H and O–H groups in total. The Balaban J connectivity index is 2.36. The van der Waals surface area contributed by atoms with Crippen LogP contribution < -0.4 is 5.32 Å². The molecule has 78 valence electrons. The van der Waals surface area contributed by atoms with Crippen LogP contribution in [0.25, 0.3) is 5.69 Å². The summed E-state index contributed by atoms with van der Waals surface area (Å²) in [4.78, 5) is 0. The SMILES string of the molecule is CNCc1nnnn1-c1ccc(C)cc1. The van der Waals surface area contributed by atoms with Gasteiger partial charge < -0.3 is 5.32 Å². The highest BCUT2D eigenvalue weighted by Gasteiger charge is 2.05. The average molecular weight is 203 g/mol. The Labute approximate surface area is 88.1 Å². The van der Waals surface area contributed by atoms with Crippen molar-refractivity contribution in [2.45, 2.75) is 13.5 Å². The van der Waals surface area contributed by atoms with Crippen LogP contribution in [-0.4, -0.2) is 27.3 Å². The average Bonchev–Trinajstić information content (AvgIpc) is 2.68. The van der Waals surface area contributed by atoms with Gasteiger partial charge in [-0.15, -0.1) is 5.10 Å². The molecule has 1 aromatic heterocycles. The second-order valence-corrected chi connectivity index (χ2v) is 3.37. The predicted octanol–water partition coefficient (Wildman–Crippen LogP) is 0.690. The third-order valence-electron chi connectivity index (χ3n) is 2.15. The van der Waals surface area contributed by atoms with E-state index in [0.29, 0.717) is 6.54 Å². The van der Waals surface area contributed by atoms with E-state index < -0.39 is 0 Å². The molecule has 1 aromatic carbocycles. The van der Waals surface area contributed by atoms with E-state index in [1.54, 1.807) is 4.68 Å². The molecule has 0 fully saturated rings. The van der Waals surface area contributed by atoms with Crippen molar-refractivity contribution >= 4 is 0 Å². The van der Waals surface area contributed by atoms with Crippen molar-refractivity contribution in [1.29, 1.82) is 0 Å².